The van der Waals surface area contributed by atoms with E-state index in [1.807, 2.05) is 36.4 Å². The third-order valence-corrected chi connectivity index (χ3v) is 4.95. The Morgan fingerprint density at radius 2 is 2.07 bits per heavy atom. The molecule has 1 aliphatic rings. The molecule has 1 fully saturated rings. The second-order valence-electron chi connectivity index (χ2n) is 6.82. The summed E-state index contributed by atoms with van der Waals surface area (Å²) in [6.45, 7) is 0.554. The summed E-state index contributed by atoms with van der Waals surface area (Å²) in [6.07, 6.45) is 0.456. The molecule has 0 saturated carbocycles. The van der Waals surface area contributed by atoms with Gasteiger partial charge in [-0.05, 0) is 24.1 Å². The normalized spacial score (nSPS) is 22.3. The molecule has 0 radical (unpaired) electrons. The van der Waals surface area contributed by atoms with Gasteiger partial charge in [0.15, 0.2) is 11.3 Å². The number of amides is 1. The van der Waals surface area contributed by atoms with E-state index in [1.54, 1.807) is 16.9 Å². The molecule has 0 unspecified atom stereocenters. The molecule has 8 heteroatoms. The van der Waals surface area contributed by atoms with Gasteiger partial charge in [0.25, 0.3) is 5.91 Å². The van der Waals surface area contributed by atoms with Gasteiger partial charge in [0.2, 0.25) is 0 Å². The zero-order valence-electron chi connectivity index (χ0n) is 15.2. The minimum atomic E-state index is -0.974. The van der Waals surface area contributed by atoms with E-state index in [1.165, 1.54) is 0 Å². The molecule has 3 heterocycles. The molecule has 0 aliphatic carbocycles. The number of fused-ring (bicyclic) bond motifs is 1. The highest BCUT2D eigenvalue weighted by Gasteiger charge is 2.34. The van der Waals surface area contributed by atoms with Gasteiger partial charge in [-0.3, -0.25) is 4.79 Å². The Morgan fingerprint density at radius 3 is 2.86 bits per heavy atom. The number of nitrogens with one attached hydrogen (secondary N) is 1. The fourth-order valence-electron chi connectivity index (χ4n) is 3.47. The summed E-state index contributed by atoms with van der Waals surface area (Å²) < 4.78 is 7.02. The number of rotatable bonds is 5. The van der Waals surface area contributed by atoms with Crippen LogP contribution in [0.15, 0.2) is 48.7 Å². The molecule has 1 aliphatic heterocycles. The topological polar surface area (TPSA) is 110 Å². The van der Waals surface area contributed by atoms with Gasteiger partial charge in [-0.1, -0.05) is 30.3 Å². The minimum Gasteiger partial charge on any atom is -0.394 e. The van der Waals surface area contributed by atoms with Crippen LogP contribution in [0, 0.1) is 0 Å². The van der Waals surface area contributed by atoms with Crippen molar-refractivity contribution in [2.45, 2.75) is 31.2 Å². The smallest absolute Gasteiger partial charge is 0.272 e. The van der Waals surface area contributed by atoms with E-state index in [0.717, 1.165) is 5.56 Å². The van der Waals surface area contributed by atoms with Gasteiger partial charge in [0.1, 0.15) is 12.2 Å². The number of pyridine rings is 1. The molecule has 146 valence electrons. The third-order valence-electron chi connectivity index (χ3n) is 4.95. The van der Waals surface area contributed by atoms with Gasteiger partial charge in [-0.25, -0.2) is 9.67 Å². The maximum absolute atomic E-state index is 12.9. The van der Waals surface area contributed by atoms with E-state index >= 15 is 0 Å². The SMILES string of the molecule is O=C(N[C@H]1CCO[C@H](CO)[C@H]1O)c1nn(Cc2ccccc2)c2ncccc12. The molecule has 1 saturated heterocycles. The molecule has 1 amide bonds. The number of nitrogens with zero attached hydrogens (tertiary/aromatic N) is 3. The molecule has 0 bridgehead atoms. The first-order valence-corrected chi connectivity index (χ1v) is 9.24. The van der Waals surface area contributed by atoms with Crippen molar-refractivity contribution in [3.63, 3.8) is 0 Å². The lowest BCUT2D eigenvalue weighted by Crippen LogP contribution is -2.54. The van der Waals surface area contributed by atoms with Crippen LogP contribution in [0.4, 0.5) is 0 Å². The van der Waals surface area contributed by atoms with Crippen LogP contribution in [0.2, 0.25) is 0 Å². The highest BCUT2D eigenvalue weighted by molar-refractivity contribution is 6.04. The first-order chi connectivity index (χ1) is 13.7. The first-order valence-electron chi connectivity index (χ1n) is 9.24. The second kappa shape index (κ2) is 8.05. The standard InChI is InChI=1S/C20H22N4O4/c25-12-16-18(26)15(8-10-28-16)22-20(27)17-14-7-4-9-21-19(14)24(23-17)11-13-5-2-1-3-6-13/h1-7,9,15-16,18,25-26H,8,10-12H2,(H,22,27)/t15-,16+,18-/m0/s1. The van der Waals surface area contributed by atoms with Crippen molar-refractivity contribution < 1.29 is 19.7 Å². The highest BCUT2D eigenvalue weighted by Crippen LogP contribution is 2.20. The molecule has 0 spiro atoms. The number of ether oxygens (including phenoxy) is 1. The van der Waals surface area contributed by atoms with Gasteiger partial charge in [0, 0.05) is 12.8 Å². The lowest BCUT2D eigenvalue weighted by atomic mass is 10.00. The Morgan fingerprint density at radius 1 is 1.25 bits per heavy atom. The maximum atomic E-state index is 12.9. The monoisotopic (exact) mass is 382 g/mol. The summed E-state index contributed by atoms with van der Waals surface area (Å²) >= 11 is 0. The summed E-state index contributed by atoms with van der Waals surface area (Å²) in [5.74, 6) is -0.382. The lowest BCUT2D eigenvalue weighted by Gasteiger charge is -2.34. The Kier molecular flexibility index (Phi) is 5.34. The molecule has 4 rings (SSSR count). The van der Waals surface area contributed by atoms with Crippen molar-refractivity contribution in [2.75, 3.05) is 13.2 Å². The van der Waals surface area contributed by atoms with Crippen molar-refractivity contribution >= 4 is 16.9 Å². The van der Waals surface area contributed by atoms with Crippen molar-refractivity contribution in [1.82, 2.24) is 20.1 Å². The number of aliphatic hydroxyl groups excluding tert-OH is 2. The Bertz CT molecular complexity index is 959. The van der Waals surface area contributed by atoms with Crippen LogP contribution in [0.3, 0.4) is 0 Å². The first kappa shape index (κ1) is 18.5. The van der Waals surface area contributed by atoms with E-state index < -0.39 is 18.2 Å². The van der Waals surface area contributed by atoms with Gasteiger partial charge in [-0.15, -0.1) is 0 Å². The van der Waals surface area contributed by atoms with Crippen LogP contribution in [-0.2, 0) is 11.3 Å². The van der Waals surface area contributed by atoms with Crippen LogP contribution in [0.25, 0.3) is 11.0 Å². The quantitative estimate of drug-likeness (QED) is 0.600. The van der Waals surface area contributed by atoms with Crippen molar-refractivity contribution in [1.29, 1.82) is 0 Å². The molecule has 3 aromatic rings. The Hall–Kier alpha value is -2.81. The van der Waals surface area contributed by atoms with Gasteiger partial charge >= 0.3 is 0 Å². The molecule has 1 aromatic carbocycles. The average molecular weight is 382 g/mol. The average Bonchev–Trinajstić information content (AvgIpc) is 3.09. The fraction of sp³-hybridized carbons (Fsp3) is 0.350. The van der Waals surface area contributed by atoms with E-state index in [2.05, 4.69) is 15.4 Å². The van der Waals surface area contributed by atoms with Gasteiger partial charge in [0.05, 0.1) is 24.6 Å². The van der Waals surface area contributed by atoms with Gasteiger partial charge < -0.3 is 20.3 Å². The summed E-state index contributed by atoms with van der Waals surface area (Å²) in [5.41, 5.74) is 1.94. The molecule has 8 nitrogen and oxygen atoms in total. The van der Waals surface area contributed by atoms with E-state index in [9.17, 15) is 15.0 Å². The van der Waals surface area contributed by atoms with Gasteiger partial charge in [-0.2, -0.15) is 5.10 Å². The number of carbonyl (C=O) groups is 1. The van der Waals surface area contributed by atoms with E-state index in [0.29, 0.717) is 30.6 Å². The van der Waals surface area contributed by atoms with Crippen LogP contribution >= 0.6 is 0 Å². The molecule has 3 N–H and O–H groups in total. The Balaban J connectivity index is 1.60. The predicted molar refractivity (Wildman–Crippen MR) is 102 cm³/mol. The summed E-state index contributed by atoms with van der Waals surface area (Å²) in [6, 6.07) is 12.9. The number of aromatic nitrogens is 3. The number of aliphatic hydroxyl groups is 2. The van der Waals surface area contributed by atoms with Crippen LogP contribution in [0.5, 0.6) is 0 Å². The zero-order valence-corrected chi connectivity index (χ0v) is 15.2. The fourth-order valence-corrected chi connectivity index (χ4v) is 3.47. The molecule has 28 heavy (non-hydrogen) atoms. The van der Waals surface area contributed by atoms with Crippen LogP contribution in [0.1, 0.15) is 22.5 Å². The van der Waals surface area contributed by atoms with Crippen LogP contribution in [-0.4, -0.2) is 62.3 Å². The number of hydrogen-bond donors (Lipinski definition) is 3. The summed E-state index contributed by atoms with van der Waals surface area (Å²) in [7, 11) is 0. The Labute approximate surface area is 161 Å². The van der Waals surface area contributed by atoms with Crippen molar-refractivity contribution in [3.05, 3.63) is 59.9 Å². The third kappa shape index (κ3) is 3.62. The predicted octanol–water partition coefficient (Wildman–Crippen LogP) is 0.720. The highest BCUT2D eigenvalue weighted by atomic mass is 16.5. The molecule has 3 atom stereocenters. The lowest BCUT2D eigenvalue weighted by molar-refractivity contribution is -0.107. The molecular formula is C20H22N4O4. The second-order valence-corrected chi connectivity index (χ2v) is 6.82. The van der Waals surface area contributed by atoms with Crippen LogP contribution < -0.4 is 5.32 Å². The number of carbonyl (C=O) groups excluding carboxylic acids is 1. The number of hydrogen-bond acceptors (Lipinski definition) is 6. The van der Waals surface area contributed by atoms with E-state index in [4.69, 9.17) is 4.74 Å². The summed E-state index contributed by atoms with van der Waals surface area (Å²) in [5, 5.41) is 27.6. The number of benzene rings is 1. The molecular weight excluding hydrogens is 360 g/mol. The largest absolute Gasteiger partial charge is 0.394 e. The molecule has 2 aromatic heterocycles. The maximum Gasteiger partial charge on any atom is 0.272 e. The zero-order chi connectivity index (χ0) is 19.5. The van der Waals surface area contributed by atoms with E-state index in [-0.39, 0.29) is 18.2 Å². The van der Waals surface area contributed by atoms with Crippen molar-refractivity contribution in [3.8, 4) is 0 Å². The van der Waals surface area contributed by atoms with Crippen molar-refractivity contribution in [2.24, 2.45) is 0 Å². The minimum absolute atomic E-state index is 0.262. The summed E-state index contributed by atoms with van der Waals surface area (Å²) in [4.78, 5) is 17.3.